The summed E-state index contributed by atoms with van der Waals surface area (Å²) in [6, 6.07) is 21.5. The molecule has 1 N–H and O–H groups in total. The first kappa shape index (κ1) is 22.3. The first-order valence-electron chi connectivity index (χ1n) is 10.8. The lowest BCUT2D eigenvalue weighted by Gasteiger charge is -2.13. The number of hydrogen-bond acceptors (Lipinski definition) is 3. The van der Waals surface area contributed by atoms with E-state index >= 15 is 0 Å². The summed E-state index contributed by atoms with van der Waals surface area (Å²) in [7, 11) is 0. The van der Waals surface area contributed by atoms with Crippen LogP contribution >= 0.6 is 0 Å². The number of rotatable bonds is 7. The van der Waals surface area contributed by atoms with Gasteiger partial charge in [-0.05, 0) is 80.8 Å². The van der Waals surface area contributed by atoms with E-state index in [9.17, 15) is 9.18 Å². The van der Waals surface area contributed by atoms with E-state index in [1.54, 1.807) is 16.8 Å². The van der Waals surface area contributed by atoms with Crippen LogP contribution in [0.2, 0.25) is 0 Å². The molecule has 168 valence electrons. The Morgan fingerprint density at radius 3 is 2.48 bits per heavy atom. The smallest absolute Gasteiger partial charge is 0.226 e. The lowest BCUT2D eigenvalue weighted by atomic mass is 10.1. The monoisotopic (exact) mass is 443 g/mol. The van der Waals surface area contributed by atoms with Crippen LogP contribution in [-0.4, -0.2) is 15.7 Å². The number of amides is 1. The maximum atomic E-state index is 13.1. The van der Waals surface area contributed by atoms with Gasteiger partial charge in [-0.2, -0.15) is 9.78 Å². The van der Waals surface area contributed by atoms with Crippen LogP contribution in [0.3, 0.4) is 0 Å². The molecule has 3 aromatic carbocycles. The van der Waals surface area contributed by atoms with Gasteiger partial charge in [-0.1, -0.05) is 30.3 Å². The molecule has 0 spiro atoms. The number of aryl methyl sites for hydroxylation is 3. The maximum absolute atomic E-state index is 13.1. The molecule has 0 aliphatic heterocycles. The number of halogens is 1. The zero-order valence-corrected chi connectivity index (χ0v) is 18.9. The number of ether oxygens (including phenoxy) is 1. The van der Waals surface area contributed by atoms with Gasteiger partial charge in [0, 0.05) is 17.7 Å². The summed E-state index contributed by atoms with van der Waals surface area (Å²) in [4.78, 5) is 12.6. The Hall–Kier alpha value is -3.93. The lowest BCUT2D eigenvalue weighted by Crippen LogP contribution is -2.12. The van der Waals surface area contributed by atoms with Gasteiger partial charge < -0.3 is 10.1 Å². The SMILES string of the molecule is Cc1cccc(Oc2c(CCC(=O)Nc3ccc(F)cc3)c(C)nn2-c2ccccc2C)c1. The highest BCUT2D eigenvalue weighted by Gasteiger charge is 2.20. The Bertz CT molecular complexity index is 1280. The highest BCUT2D eigenvalue weighted by molar-refractivity contribution is 5.90. The second-order valence-electron chi connectivity index (χ2n) is 8.04. The van der Waals surface area contributed by atoms with Crippen molar-refractivity contribution in [3.63, 3.8) is 0 Å². The summed E-state index contributed by atoms with van der Waals surface area (Å²) in [5, 5.41) is 7.56. The molecular weight excluding hydrogens is 417 g/mol. The second kappa shape index (κ2) is 9.69. The Kier molecular flexibility index (Phi) is 6.54. The van der Waals surface area contributed by atoms with Crippen molar-refractivity contribution in [2.75, 3.05) is 5.32 Å². The van der Waals surface area contributed by atoms with Crippen LogP contribution in [0.5, 0.6) is 11.6 Å². The summed E-state index contributed by atoms with van der Waals surface area (Å²) < 4.78 is 21.3. The van der Waals surface area contributed by atoms with Crippen molar-refractivity contribution in [1.29, 1.82) is 0 Å². The summed E-state index contributed by atoms with van der Waals surface area (Å²) in [6.07, 6.45) is 0.688. The van der Waals surface area contributed by atoms with Gasteiger partial charge in [-0.3, -0.25) is 4.79 Å². The standard InChI is InChI=1S/C27H26FN3O2/c1-18-7-6-9-23(17-18)33-27-24(15-16-26(32)29-22-13-11-21(28)12-14-22)20(3)30-31(27)25-10-5-4-8-19(25)2/h4-14,17H,15-16H2,1-3H3,(H,29,32). The van der Waals surface area contributed by atoms with Crippen molar-refractivity contribution < 1.29 is 13.9 Å². The van der Waals surface area contributed by atoms with Gasteiger partial charge in [-0.25, -0.2) is 4.39 Å². The molecule has 0 aliphatic rings. The van der Waals surface area contributed by atoms with E-state index in [1.807, 2.05) is 69.3 Å². The average molecular weight is 444 g/mol. The van der Waals surface area contributed by atoms with Gasteiger partial charge in [0.1, 0.15) is 11.6 Å². The van der Waals surface area contributed by atoms with E-state index in [0.29, 0.717) is 23.7 Å². The number of benzene rings is 3. The van der Waals surface area contributed by atoms with E-state index in [1.165, 1.54) is 12.1 Å². The summed E-state index contributed by atoms with van der Waals surface area (Å²) in [5.41, 5.74) is 5.31. The van der Waals surface area contributed by atoms with Crippen molar-refractivity contribution in [1.82, 2.24) is 9.78 Å². The van der Waals surface area contributed by atoms with Gasteiger partial charge in [0.05, 0.1) is 11.4 Å². The molecule has 1 amide bonds. The van der Waals surface area contributed by atoms with E-state index in [2.05, 4.69) is 5.32 Å². The predicted octanol–water partition coefficient (Wildman–Crippen LogP) is 6.30. The normalized spacial score (nSPS) is 10.8. The minimum absolute atomic E-state index is 0.161. The third kappa shape index (κ3) is 5.29. The third-order valence-corrected chi connectivity index (χ3v) is 5.42. The number of carbonyl (C=O) groups excluding carboxylic acids is 1. The average Bonchev–Trinajstić information content (AvgIpc) is 3.09. The summed E-state index contributed by atoms with van der Waals surface area (Å²) >= 11 is 0. The molecule has 0 atom stereocenters. The molecule has 4 rings (SSSR count). The van der Waals surface area contributed by atoms with Crippen LogP contribution in [0.15, 0.2) is 72.8 Å². The van der Waals surface area contributed by atoms with Crippen molar-refractivity contribution in [2.45, 2.75) is 33.6 Å². The molecule has 0 bridgehead atoms. The molecule has 6 heteroatoms. The van der Waals surface area contributed by atoms with E-state index in [-0.39, 0.29) is 18.1 Å². The van der Waals surface area contributed by atoms with Crippen LogP contribution < -0.4 is 10.1 Å². The van der Waals surface area contributed by atoms with E-state index in [4.69, 9.17) is 9.84 Å². The number of carbonyl (C=O) groups is 1. The van der Waals surface area contributed by atoms with Gasteiger partial charge >= 0.3 is 0 Å². The number of aromatic nitrogens is 2. The van der Waals surface area contributed by atoms with Crippen molar-refractivity contribution in [2.24, 2.45) is 0 Å². The minimum Gasteiger partial charge on any atom is -0.439 e. The predicted molar refractivity (Wildman–Crippen MR) is 128 cm³/mol. The second-order valence-corrected chi connectivity index (χ2v) is 8.04. The fraction of sp³-hybridized carbons (Fsp3) is 0.185. The van der Waals surface area contributed by atoms with E-state index < -0.39 is 0 Å². The van der Waals surface area contributed by atoms with Crippen molar-refractivity contribution in [3.05, 3.63) is 101 Å². The van der Waals surface area contributed by atoms with Crippen molar-refractivity contribution in [3.8, 4) is 17.3 Å². The molecule has 0 radical (unpaired) electrons. The maximum Gasteiger partial charge on any atom is 0.226 e. The minimum atomic E-state index is -0.342. The molecule has 0 unspecified atom stereocenters. The molecule has 0 aliphatic carbocycles. The highest BCUT2D eigenvalue weighted by atomic mass is 19.1. The number of anilines is 1. The Morgan fingerprint density at radius 2 is 1.76 bits per heavy atom. The number of nitrogens with one attached hydrogen (secondary N) is 1. The Labute approximate surface area is 192 Å². The van der Waals surface area contributed by atoms with Gasteiger partial charge in [0.25, 0.3) is 0 Å². The molecule has 0 saturated heterocycles. The summed E-state index contributed by atoms with van der Waals surface area (Å²) in [5.74, 6) is 0.806. The van der Waals surface area contributed by atoms with Crippen LogP contribution in [0.4, 0.5) is 10.1 Å². The van der Waals surface area contributed by atoms with Crippen LogP contribution in [-0.2, 0) is 11.2 Å². The van der Waals surface area contributed by atoms with Crippen LogP contribution in [0.1, 0.15) is 28.8 Å². The molecule has 1 heterocycles. The topological polar surface area (TPSA) is 56.1 Å². The highest BCUT2D eigenvalue weighted by Crippen LogP contribution is 2.32. The van der Waals surface area contributed by atoms with Crippen LogP contribution in [0.25, 0.3) is 5.69 Å². The molecule has 0 fully saturated rings. The molecule has 4 aromatic rings. The van der Waals surface area contributed by atoms with Gasteiger partial charge in [0.15, 0.2) is 0 Å². The zero-order valence-electron chi connectivity index (χ0n) is 18.9. The Balaban J connectivity index is 1.63. The Morgan fingerprint density at radius 1 is 1.00 bits per heavy atom. The number of para-hydroxylation sites is 1. The fourth-order valence-corrected chi connectivity index (χ4v) is 3.68. The largest absolute Gasteiger partial charge is 0.439 e. The van der Waals surface area contributed by atoms with Gasteiger partial charge in [-0.15, -0.1) is 0 Å². The van der Waals surface area contributed by atoms with E-state index in [0.717, 1.165) is 28.1 Å². The molecule has 5 nitrogen and oxygen atoms in total. The van der Waals surface area contributed by atoms with Crippen molar-refractivity contribution >= 4 is 11.6 Å². The third-order valence-electron chi connectivity index (χ3n) is 5.42. The lowest BCUT2D eigenvalue weighted by molar-refractivity contribution is -0.116. The fourth-order valence-electron chi connectivity index (χ4n) is 3.68. The molecule has 0 saturated carbocycles. The summed E-state index contributed by atoms with van der Waals surface area (Å²) in [6.45, 7) is 5.96. The number of hydrogen-bond donors (Lipinski definition) is 1. The zero-order chi connectivity index (χ0) is 23.4. The first-order valence-corrected chi connectivity index (χ1v) is 10.8. The molecule has 1 aromatic heterocycles. The van der Waals surface area contributed by atoms with Gasteiger partial charge in [0.2, 0.25) is 11.8 Å². The molecular formula is C27H26FN3O2. The quantitative estimate of drug-likeness (QED) is 0.365. The molecule has 33 heavy (non-hydrogen) atoms. The number of nitrogens with zero attached hydrogens (tertiary/aromatic N) is 2. The first-order chi connectivity index (χ1) is 15.9. The van der Waals surface area contributed by atoms with Crippen LogP contribution in [0, 0.1) is 26.6 Å².